The van der Waals surface area contributed by atoms with Gasteiger partial charge in [-0.25, -0.2) is 0 Å². The lowest BCUT2D eigenvalue weighted by atomic mass is 10.0. The summed E-state index contributed by atoms with van der Waals surface area (Å²) >= 11 is 0. The van der Waals surface area contributed by atoms with E-state index in [9.17, 15) is 15.2 Å². The molecule has 2 aromatic rings. The molecule has 0 amide bonds. The number of hydrogen-bond acceptors (Lipinski definition) is 3. The first-order valence-electron chi connectivity index (χ1n) is 6.06. The predicted molar refractivity (Wildman–Crippen MR) is 73.0 cm³/mol. The van der Waals surface area contributed by atoms with E-state index in [4.69, 9.17) is 0 Å². The van der Waals surface area contributed by atoms with Crippen molar-refractivity contribution in [3.05, 3.63) is 75.3 Å². The topological polar surface area (TPSA) is 63.4 Å². The summed E-state index contributed by atoms with van der Waals surface area (Å²) in [6, 6.07) is 14.3. The van der Waals surface area contributed by atoms with Gasteiger partial charge in [0.05, 0.1) is 11.0 Å². The van der Waals surface area contributed by atoms with Crippen LogP contribution in [-0.2, 0) is 6.42 Å². The Kier molecular flexibility index (Phi) is 3.92. The lowest BCUT2D eigenvalue weighted by Gasteiger charge is -2.06. The zero-order valence-electron chi connectivity index (χ0n) is 10.6. The molecule has 0 fully saturated rings. The summed E-state index contributed by atoms with van der Waals surface area (Å²) in [6.07, 6.45) is 0.256. The molecule has 0 bridgehead atoms. The molecule has 0 aromatic heterocycles. The highest BCUT2D eigenvalue weighted by Crippen LogP contribution is 2.17. The second-order valence-corrected chi connectivity index (χ2v) is 4.52. The van der Waals surface area contributed by atoms with Crippen molar-refractivity contribution in [3.8, 4) is 0 Å². The maximum absolute atomic E-state index is 10.6. The number of nitro groups is 1. The van der Waals surface area contributed by atoms with Gasteiger partial charge >= 0.3 is 0 Å². The van der Waals surface area contributed by atoms with E-state index in [1.165, 1.54) is 12.1 Å². The van der Waals surface area contributed by atoms with E-state index >= 15 is 0 Å². The Bertz CT molecular complexity index is 559. The van der Waals surface area contributed by atoms with Crippen LogP contribution in [0.25, 0.3) is 0 Å². The number of aliphatic hydroxyl groups is 1. The minimum Gasteiger partial charge on any atom is -0.389 e. The first kappa shape index (κ1) is 13.2. The summed E-state index contributed by atoms with van der Waals surface area (Å²) in [7, 11) is 0. The van der Waals surface area contributed by atoms with E-state index in [0.717, 1.165) is 23.1 Å². The third kappa shape index (κ3) is 3.39. The Morgan fingerprint density at radius 2 is 1.53 bits per heavy atom. The highest BCUT2D eigenvalue weighted by Gasteiger charge is 2.05. The molecule has 19 heavy (non-hydrogen) atoms. The quantitative estimate of drug-likeness (QED) is 0.675. The number of nitro benzene ring substituents is 1. The van der Waals surface area contributed by atoms with Crippen molar-refractivity contribution in [2.45, 2.75) is 19.4 Å². The number of non-ortho nitro benzene ring substituents is 1. The molecule has 0 saturated carbocycles. The smallest absolute Gasteiger partial charge is 0.269 e. The summed E-state index contributed by atoms with van der Waals surface area (Å²) in [4.78, 5) is 10.2. The SMILES string of the molecule is CC(O)c1ccc(Cc2ccc([N+](=O)[O-])cc2)cc1. The second kappa shape index (κ2) is 5.63. The Balaban J connectivity index is 2.10. The van der Waals surface area contributed by atoms with Crippen LogP contribution >= 0.6 is 0 Å². The monoisotopic (exact) mass is 257 g/mol. The average Bonchev–Trinajstić information content (AvgIpc) is 2.40. The zero-order valence-corrected chi connectivity index (χ0v) is 10.6. The van der Waals surface area contributed by atoms with Crippen LogP contribution in [0.3, 0.4) is 0 Å². The van der Waals surface area contributed by atoms with Crippen molar-refractivity contribution in [3.63, 3.8) is 0 Å². The van der Waals surface area contributed by atoms with Crippen LogP contribution in [0, 0.1) is 10.1 Å². The standard InChI is InChI=1S/C15H15NO3/c1-11(17)14-6-2-12(3-7-14)10-13-4-8-15(9-5-13)16(18)19/h2-9,11,17H,10H2,1H3. The average molecular weight is 257 g/mol. The van der Waals surface area contributed by atoms with Gasteiger partial charge in [0.15, 0.2) is 0 Å². The lowest BCUT2D eigenvalue weighted by Crippen LogP contribution is -1.93. The van der Waals surface area contributed by atoms with Gasteiger partial charge in [-0.1, -0.05) is 36.4 Å². The maximum Gasteiger partial charge on any atom is 0.269 e. The van der Waals surface area contributed by atoms with Crippen LogP contribution in [0.15, 0.2) is 48.5 Å². The van der Waals surface area contributed by atoms with Gasteiger partial charge in [0, 0.05) is 12.1 Å². The Labute approximate surface area is 111 Å². The molecule has 1 unspecified atom stereocenters. The Morgan fingerprint density at radius 3 is 1.95 bits per heavy atom. The number of hydrogen-bond donors (Lipinski definition) is 1. The van der Waals surface area contributed by atoms with Gasteiger partial charge in [-0.3, -0.25) is 10.1 Å². The van der Waals surface area contributed by atoms with Crippen LogP contribution in [0.5, 0.6) is 0 Å². The van der Waals surface area contributed by atoms with Crippen molar-refractivity contribution in [2.75, 3.05) is 0 Å². The molecule has 2 aromatic carbocycles. The van der Waals surface area contributed by atoms with E-state index < -0.39 is 11.0 Å². The fraction of sp³-hybridized carbons (Fsp3) is 0.200. The van der Waals surface area contributed by atoms with Crippen LogP contribution < -0.4 is 0 Å². The molecule has 98 valence electrons. The third-order valence-corrected chi connectivity index (χ3v) is 3.02. The van der Waals surface area contributed by atoms with Gasteiger partial charge in [-0.15, -0.1) is 0 Å². The molecule has 0 spiro atoms. The number of nitrogens with zero attached hydrogens (tertiary/aromatic N) is 1. The highest BCUT2D eigenvalue weighted by molar-refractivity contribution is 5.36. The van der Waals surface area contributed by atoms with Crippen LogP contribution in [0.4, 0.5) is 5.69 Å². The second-order valence-electron chi connectivity index (χ2n) is 4.52. The molecule has 4 heteroatoms. The number of rotatable bonds is 4. The highest BCUT2D eigenvalue weighted by atomic mass is 16.6. The van der Waals surface area contributed by atoms with Crippen molar-refractivity contribution in [2.24, 2.45) is 0 Å². The van der Waals surface area contributed by atoms with Crippen LogP contribution in [0.2, 0.25) is 0 Å². The number of aliphatic hydroxyl groups excluding tert-OH is 1. The molecular weight excluding hydrogens is 242 g/mol. The summed E-state index contributed by atoms with van der Waals surface area (Å²) in [5.74, 6) is 0. The molecule has 0 radical (unpaired) electrons. The van der Waals surface area contributed by atoms with Gasteiger partial charge in [-0.05, 0) is 30.0 Å². The molecule has 1 atom stereocenters. The van der Waals surface area contributed by atoms with Gasteiger partial charge in [0.2, 0.25) is 0 Å². The molecule has 0 saturated heterocycles. The van der Waals surface area contributed by atoms with Crippen molar-refractivity contribution in [1.29, 1.82) is 0 Å². The molecule has 2 rings (SSSR count). The predicted octanol–water partition coefficient (Wildman–Crippen LogP) is 3.24. The van der Waals surface area contributed by atoms with Crippen molar-refractivity contribution >= 4 is 5.69 Å². The zero-order chi connectivity index (χ0) is 13.8. The van der Waals surface area contributed by atoms with E-state index in [2.05, 4.69) is 0 Å². The number of benzene rings is 2. The largest absolute Gasteiger partial charge is 0.389 e. The van der Waals surface area contributed by atoms with Gasteiger partial charge < -0.3 is 5.11 Å². The lowest BCUT2D eigenvalue weighted by molar-refractivity contribution is -0.384. The van der Waals surface area contributed by atoms with E-state index in [0.29, 0.717) is 0 Å². The van der Waals surface area contributed by atoms with Crippen molar-refractivity contribution in [1.82, 2.24) is 0 Å². The molecule has 0 aliphatic carbocycles. The molecule has 0 heterocycles. The fourth-order valence-corrected chi connectivity index (χ4v) is 1.89. The Morgan fingerprint density at radius 1 is 1.05 bits per heavy atom. The van der Waals surface area contributed by atoms with Crippen LogP contribution in [0.1, 0.15) is 29.7 Å². The summed E-state index contributed by atoms with van der Waals surface area (Å²) < 4.78 is 0. The molecule has 0 aliphatic rings. The minimum atomic E-state index is -0.464. The van der Waals surface area contributed by atoms with Gasteiger partial charge in [0.25, 0.3) is 5.69 Å². The first-order chi connectivity index (χ1) is 9.06. The van der Waals surface area contributed by atoms with Crippen molar-refractivity contribution < 1.29 is 10.0 Å². The molecule has 0 aliphatic heterocycles. The first-order valence-corrected chi connectivity index (χ1v) is 6.06. The summed E-state index contributed by atoms with van der Waals surface area (Å²) in [6.45, 7) is 1.73. The third-order valence-electron chi connectivity index (χ3n) is 3.02. The molecule has 4 nitrogen and oxygen atoms in total. The van der Waals surface area contributed by atoms with E-state index in [-0.39, 0.29) is 5.69 Å². The molecule has 1 N–H and O–H groups in total. The minimum absolute atomic E-state index is 0.105. The molecular formula is C15H15NO3. The summed E-state index contributed by atoms with van der Waals surface area (Å²) in [5.41, 5.74) is 3.12. The summed E-state index contributed by atoms with van der Waals surface area (Å²) in [5, 5.41) is 20.0. The van der Waals surface area contributed by atoms with Crippen LogP contribution in [-0.4, -0.2) is 10.0 Å². The van der Waals surface area contributed by atoms with E-state index in [1.807, 2.05) is 24.3 Å². The van der Waals surface area contributed by atoms with Gasteiger partial charge in [-0.2, -0.15) is 0 Å². The normalized spacial score (nSPS) is 12.1. The van der Waals surface area contributed by atoms with E-state index in [1.54, 1.807) is 19.1 Å². The van der Waals surface area contributed by atoms with Gasteiger partial charge in [0.1, 0.15) is 0 Å². The fourth-order valence-electron chi connectivity index (χ4n) is 1.89. The maximum atomic E-state index is 10.6. The Hall–Kier alpha value is -2.20.